The Hall–Kier alpha value is -3.79. The van der Waals surface area contributed by atoms with Crippen molar-refractivity contribution in [3.8, 4) is 0 Å². The molecule has 0 spiro atoms. The summed E-state index contributed by atoms with van der Waals surface area (Å²) in [6, 6.07) is 23.0. The molecule has 1 aliphatic heterocycles. The number of aromatic amines is 2. The molecule has 0 aliphatic carbocycles. The van der Waals surface area contributed by atoms with Crippen LogP contribution in [-0.2, 0) is 10.2 Å². The number of likely N-dealkylation sites (N-methyl/N-ethyl adjacent to an activating group) is 1. The van der Waals surface area contributed by atoms with Gasteiger partial charge < -0.3 is 14.9 Å². The molecule has 158 valence electrons. The molecule has 0 radical (unpaired) electrons. The maximum Gasteiger partial charge on any atom is 0.246 e. The average Bonchev–Trinajstić information content (AvgIpc) is 3.36. The van der Waals surface area contributed by atoms with Gasteiger partial charge in [-0.2, -0.15) is 0 Å². The molecule has 4 heteroatoms. The maximum atomic E-state index is 14.5. The number of aromatic nitrogens is 2. The minimum absolute atomic E-state index is 0.0822. The Labute approximate surface area is 186 Å². The van der Waals surface area contributed by atoms with Gasteiger partial charge >= 0.3 is 0 Å². The minimum Gasteiger partial charge on any atom is -0.358 e. The maximum absolute atomic E-state index is 14.5. The fourth-order valence-electron chi connectivity index (χ4n) is 5.85. The summed E-state index contributed by atoms with van der Waals surface area (Å²) in [5, 5.41) is 2.18. The molecule has 3 heterocycles. The van der Waals surface area contributed by atoms with Gasteiger partial charge in [0.05, 0.1) is 0 Å². The number of nitrogens with zero attached hydrogens (tertiary/aromatic N) is 1. The monoisotopic (exact) mass is 419 g/mol. The molecule has 0 fully saturated rings. The van der Waals surface area contributed by atoms with E-state index in [4.69, 9.17) is 0 Å². The Kier molecular flexibility index (Phi) is 3.76. The Balaban J connectivity index is 1.88. The van der Waals surface area contributed by atoms with Gasteiger partial charge in [-0.05, 0) is 39.0 Å². The largest absolute Gasteiger partial charge is 0.358 e. The van der Waals surface area contributed by atoms with Crippen molar-refractivity contribution in [3.63, 3.8) is 0 Å². The summed E-state index contributed by atoms with van der Waals surface area (Å²) in [6.45, 7) is 6.27. The first kappa shape index (κ1) is 18.9. The number of carbonyl (C=O) groups excluding carboxylic acids is 1. The van der Waals surface area contributed by atoms with Crippen molar-refractivity contribution in [3.05, 3.63) is 100 Å². The van der Waals surface area contributed by atoms with Crippen molar-refractivity contribution >= 4 is 33.4 Å². The quantitative estimate of drug-likeness (QED) is 0.369. The Morgan fingerprint density at radius 2 is 1.28 bits per heavy atom. The van der Waals surface area contributed by atoms with Gasteiger partial charge in [0.1, 0.15) is 5.41 Å². The van der Waals surface area contributed by atoms with E-state index in [1.807, 2.05) is 24.1 Å². The zero-order chi connectivity index (χ0) is 22.2. The van der Waals surface area contributed by atoms with Crippen molar-refractivity contribution in [2.24, 2.45) is 0 Å². The number of aryl methyl sites for hydroxylation is 3. The first-order chi connectivity index (χ1) is 15.4. The van der Waals surface area contributed by atoms with Gasteiger partial charge in [0.25, 0.3) is 0 Å². The third-order valence-corrected chi connectivity index (χ3v) is 7.08. The summed E-state index contributed by atoms with van der Waals surface area (Å²) in [6.07, 6.45) is 0. The fourth-order valence-corrected chi connectivity index (χ4v) is 5.85. The number of amides is 1. The number of anilines is 1. The fraction of sp³-hybridized carbons (Fsp3) is 0.179. The predicted octanol–water partition coefficient (Wildman–Crippen LogP) is 5.89. The highest BCUT2D eigenvalue weighted by atomic mass is 16.2. The standard InChI is InChI=1S/C28H25N3O/c1-16-13-14-24-21(15-16)28(27(32)31(24)4,25-17(2)29-22-11-7-5-9-19(22)25)26-18(3)30-23-12-8-6-10-20(23)26/h5-15,29-30H,1-4H3. The molecule has 6 rings (SSSR count). The van der Waals surface area contributed by atoms with Crippen LogP contribution in [0.5, 0.6) is 0 Å². The van der Waals surface area contributed by atoms with E-state index in [1.54, 1.807) is 0 Å². The molecule has 1 aliphatic rings. The molecule has 3 aromatic carbocycles. The van der Waals surface area contributed by atoms with E-state index in [-0.39, 0.29) is 5.91 Å². The lowest BCUT2D eigenvalue weighted by Gasteiger charge is -2.31. The highest BCUT2D eigenvalue weighted by molar-refractivity contribution is 6.17. The number of hydrogen-bond acceptors (Lipinski definition) is 1. The molecule has 2 N–H and O–H groups in total. The summed E-state index contributed by atoms with van der Waals surface area (Å²) in [4.78, 5) is 23.4. The molecule has 0 bridgehead atoms. The van der Waals surface area contributed by atoms with Crippen LogP contribution in [0.25, 0.3) is 21.8 Å². The summed E-state index contributed by atoms with van der Waals surface area (Å²) >= 11 is 0. The predicted molar refractivity (Wildman–Crippen MR) is 131 cm³/mol. The topological polar surface area (TPSA) is 51.9 Å². The van der Waals surface area contributed by atoms with Crippen LogP contribution in [0.3, 0.4) is 0 Å². The summed E-state index contributed by atoms with van der Waals surface area (Å²) in [5.74, 6) is 0.0822. The summed E-state index contributed by atoms with van der Waals surface area (Å²) < 4.78 is 0. The van der Waals surface area contributed by atoms with Crippen LogP contribution in [0.1, 0.15) is 33.6 Å². The van der Waals surface area contributed by atoms with Crippen LogP contribution in [0.2, 0.25) is 0 Å². The lowest BCUT2D eigenvalue weighted by Crippen LogP contribution is -2.41. The van der Waals surface area contributed by atoms with Gasteiger partial charge in [-0.1, -0.05) is 54.1 Å². The van der Waals surface area contributed by atoms with Crippen LogP contribution in [-0.4, -0.2) is 22.9 Å². The number of para-hydroxylation sites is 2. The number of fused-ring (bicyclic) bond motifs is 3. The average molecular weight is 420 g/mol. The van der Waals surface area contributed by atoms with Gasteiger partial charge in [-0.3, -0.25) is 4.79 Å². The highest BCUT2D eigenvalue weighted by Gasteiger charge is 2.55. The molecule has 1 amide bonds. The Bertz CT molecular complexity index is 1470. The molecule has 0 saturated carbocycles. The SMILES string of the molecule is Cc1ccc2c(c1)C(c1c(C)[nH]c3ccccc13)(c1c(C)[nH]c3ccccc13)C(=O)N2C. The minimum atomic E-state index is -0.941. The van der Waals surface area contributed by atoms with E-state index in [9.17, 15) is 4.79 Å². The summed E-state index contributed by atoms with van der Waals surface area (Å²) in [5.41, 5.74) is 8.45. The van der Waals surface area contributed by atoms with Crippen LogP contribution in [0.15, 0.2) is 66.7 Å². The van der Waals surface area contributed by atoms with Gasteiger partial charge in [0.15, 0.2) is 0 Å². The molecule has 32 heavy (non-hydrogen) atoms. The number of carbonyl (C=O) groups is 1. The van der Waals surface area contributed by atoms with E-state index in [0.29, 0.717) is 0 Å². The van der Waals surface area contributed by atoms with Crippen LogP contribution in [0.4, 0.5) is 5.69 Å². The van der Waals surface area contributed by atoms with Crippen molar-refractivity contribution in [2.75, 3.05) is 11.9 Å². The molecule has 0 unspecified atom stereocenters. The van der Waals surface area contributed by atoms with E-state index in [1.165, 1.54) is 0 Å². The van der Waals surface area contributed by atoms with Crippen LogP contribution in [0, 0.1) is 20.8 Å². The van der Waals surface area contributed by atoms with Crippen molar-refractivity contribution in [1.82, 2.24) is 9.97 Å². The number of benzene rings is 3. The van der Waals surface area contributed by atoms with Crippen LogP contribution < -0.4 is 4.90 Å². The second-order valence-electron chi connectivity index (χ2n) is 8.98. The summed E-state index contributed by atoms with van der Waals surface area (Å²) in [7, 11) is 1.90. The first-order valence-electron chi connectivity index (χ1n) is 11.0. The number of nitrogens with one attached hydrogen (secondary N) is 2. The molecule has 2 aromatic heterocycles. The Morgan fingerprint density at radius 3 is 1.84 bits per heavy atom. The lowest BCUT2D eigenvalue weighted by molar-refractivity contribution is -0.120. The second-order valence-corrected chi connectivity index (χ2v) is 8.98. The zero-order valence-corrected chi connectivity index (χ0v) is 18.7. The van der Waals surface area contributed by atoms with Crippen molar-refractivity contribution in [1.29, 1.82) is 0 Å². The Morgan fingerprint density at radius 1 is 0.750 bits per heavy atom. The molecule has 4 nitrogen and oxygen atoms in total. The van der Waals surface area contributed by atoms with E-state index in [0.717, 1.165) is 61.1 Å². The van der Waals surface area contributed by atoms with Gasteiger partial charge in [-0.15, -0.1) is 0 Å². The zero-order valence-electron chi connectivity index (χ0n) is 18.7. The third-order valence-electron chi connectivity index (χ3n) is 7.08. The smallest absolute Gasteiger partial charge is 0.246 e. The highest BCUT2D eigenvalue weighted by Crippen LogP contribution is 2.55. The molecule has 0 atom stereocenters. The molecular formula is C28H25N3O. The normalized spacial score (nSPS) is 15.1. The van der Waals surface area contributed by atoms with Crippen LogP contribution >= 0.6 is 0 Å². The lowest BCUT2D eigenvalue weighted by atomic mass is 9.68. The van der Waals surface area contributed by atoms with E-state index in [2.05, 4.69) is 85.3 Å². The van der Waals surface area contributed by atoms with Crippen molar-refractivity contribution < 1.29 is 4.79 Å². The van der Waals surface area contributed by atoms with E-state index >= 15 is 0 Å². The number of H-pyrrole nitrogens is 2. The van der Waals surface area contributed by atoms with Crippen molar-refractivity contribution in [2.45, 2.75) is 26.2 Å². The third kappa shape index (κ3) is 2.19. The number of hydrogen-bond donors (Lipinski definition) is 2. The van der Waals surface area contributed by atoms with Gasteiger partial charge in [0.2, 0.25) is 5.91 Å². The van der Waals surface area contributed by atoms with E-state index < -0.39 is 5.41 Å². The molecule has 0 saturated heterocycles. The number of rotatable bonds is 2. The molecular weight excluding hydrogens is 394 g/mol. The second kappa shape index (κ2) is 6.36. The van der Waals surface area contributed by atoms with Gasteiger partial charge in [0, 0.05) is 62.6 Å². The van der Waals surface area contributed by atoms with Gasteiger partial charge in [-0.25, -0.2) is 0 Å². The molecule has 5 aromatic rings. The first-order valence-corrected chi connectivity index (χ1v) is 11.0.